The van der Waals surface area contributed by atoms with Crippen molar-refractivity contribution in [3.05, 3.63) is 0 Å². The summed E-state index contributed by atoms with van der Waals surface area (Å²) in [5.41, 5.74) is 5.75. The summed E-state index contributed by atoms with van der Waals surface area (Å²) in [6.45, 7) is 2.30. The molecular formula is C15H28N2. The van der Waals surface area contributed by atoms with Crippen molar-refractivity contribution in [3.63, 3.8) is 0 Å². The van der Waals surface area contributed by atoms with E-state index in [0.29, 0.717) is 0 Å². The molecule has 0 amide bonds. The average molecular weight is 236 g/mol. The second-order valence-corrected chi connectivity index (χ2v) is 6.55. The topological polar surface area (TPSA) is 29.3 Å². The van der Waals surface area contributed by atoms with Crippen molar-refractivity contribution >= 4 is 0 Å². The molecule has 4 aliphatic rings. The highest BCUT2D eigenvalue weighted by atomic mass is 15.2. The second kappa shape index (κ2) is 5.27. The number of hydrogen-bond acceptors (Lipinski definition) is 2. The van der Waals surface area contributed by atoms with Gasteiger partial charge >= 0.3 is 0 Å². The van der Waals surface area contributed by atoms with E-state index in [1.165, 1.54) is 64.3 Å². The third-order valence-electron chi connectivity index (χ3n) is 5.61. The van der Waals surface area contributed by atoms with Crippen LogP contribution in [0.25, 0.3) is 0 Å². The Morgan fingerprint density at radius 2 is 1.76 bits per heavy atom. The molecule has 0 aromatic rings. The molecule has 2 aliphatic heterocycles. The van der Waals surface area contributed by atoms with E-state index in [0.717, 1.165) is 30.5 Å². The van der Waals surface area contributed by atoms with Gasteiger partial charge in [-0.25, -0.2) is 0 Å². The van der Waals surface area contributed by atoms with E-state index in [-0.39, 0.29) is 0 Å². The van der Waals surface area contributed by atoms with Crippen LogP contribution < -0.4 is 5.73 Å². The van der Waals surface area contributed by atoms with Gasteiger partial charge in [0.15, 0.2) is 0 Å². The third-order valence-corrected chi connectivity index (χ3v) is 5.61. The molecule has 2 heterocycles. The minimum Gasteiger partial charge on any atom is -0.330 e. The fourth-order valence-electron chi connectivity index (χ4n) is 4.69. The first-order valence-electron chi connectivity index (χ1n) is 7.84. The van der Waals surface area contributed by atoms with E-state index in [4.69, 9.17) is 5.73 Å². The Labute approximate surface area is 106 Å². The van der Waals surface area contributed by atoms with Crippen molar-refractivity contribution in [2.24, 2.45) is 17.6 Å². The lowest BCUT2D eigenvalue weighted by molar-refractivity contribution is -0.0330. The zero-order valence-electron chi connectivity index (χ0n) is 11.1. The predicted molar refractivity (Wildman–Crippen MR) is 71.9 cm³/mol. The molecule has 98 valence electrons. The monoisotopic (exact) mass is 236 g/mol. The summed E-state index contributed by atoms with van der Waals surface area (Å²) in [4.78, 5) is 2.90. The van der Waals surface area contributed by atoms with Gasteiger partial charge in [-0.1, -0.05) is 19.3 Å². The van der Waals surface area contributed by atoms with E-state index in [1.807, 2.05) is 0 Å². The fourth-order valence-corrected chi connectivity index (χ4v) is 4.69. The summed E-state index contributed by atoms with van der Waals surface area (Å²) in [7, 11) is 0. The van der Waals surface area contributed by atoms with Crippen LogP contribution in [-0.4, -0.2) is 30.1 Å². The maximum atomic E-state index is 5.75. The molecule has 2 saturated carbocycles. The Hall–Kier alpha value is -0.0800. The van der Waals surface area contributed by atoms with Gasteiger partial charge in [-0.3, -0.25) is 4.90 Å². The summed E-state index contributed by atoms with van der Waals surface area (Å²) >= 11 is 0. The second-order valence-electron chi connectivity index (χ2n) is 6.55. The van der Waals surface area contributed by atoms with E-state index in [2.05, 4.69) is 4.90 Å². The van der Waals surface area contributed by atoms with Crippen LogP contribution in [-0.2, 0) is 0 Å². The van der Waals surface area contributed by atoms with Gasteiger partial charge in [-0.2, -0.15) is 0 Å². The first kappa shape index (κ1) is 12.0. The molecule has 4 rings (SSSR count). The van der Waals surface area contributed by atoms with Crippen molar-refractivity contribution in [2.75, 3.05) is 13.1 Å². The largest absolute Gasteiger partial charge is 0.330 e. The lowest BCUT2D eigenvalue weighted by Crippen LogP contribution is -2.56. The van der Waals surface area contributed by atoms with Gasteiger partial charge in [0.25, 0.3) is 0 Å². The standard InChI is InChI=1S/C15H28N2/c16-9-8-12-10-15-7-6-13(12)11-17(15)14-4-2-1-3-5-14/h12-15H,1-11,16H2. The molecule has 0 radical (unpaired) electrons. The molecule has 3 unspecified atom stereocenters. The molecule has 0 aromatic carbocycles. The average Bonchev–Trinajstić information content (AvgIpc) is 2.41. The van der Waals surface area contributed by atoms with E-state index < -0.39 is 0 Å². The van der Waals surface area contributed by atoms with Gasteiger partial charge in [0.2, 0.25) is 0 Å². The molecule has 2 nitrogen and oxygen atoms in total. The minimum absolute atomic E-state index is 0.900. The van der Waals surface area contributed by atoms with Crippen LogP contribution in [0.2, 0.25) is 0 Å². The lowest BCUT2D eigenvalue weighted by Gasteiger charge is -2.53. The van der Waals surface area contributed by atoms with Crippen LogP contribution in [0.1, 0.15) is 57.8 Å². The van der Waals surface area contributed by atoms with Crippen molar-refractivity contribution in [3.8, 4) is 0 Å². The maximum absolute atomic E-state index is 5.75. The van der Waals surface area contributed by atoms with Crippen molar-refractivity contribution < 1.29 is 0 Å². The van der Waals surface area contributed by atoms with Gasteiger partial charge in [0.1, 0.15) is 0 Å². The van der Waals surface area contributed by atoms with Gasteiger partial charge in [0.05, 0.1) is 0 Å². The molecule has 2 bridgehead atoms. The molecule has 0 aromatic heterocycles. The van der Waals surface area contributed by atoms with Crippen LogP contribution in [0.4, 0.5) is 0 Å². The lowest BCUT2D eigenvalue weighted by atomic mass is 9.69. The zero-order valence-corrected chi connectivity index (χ0v) is 11.1. The molecule has 3 atom stereocenters. The number of fused-ring (bicyclic) bond motifs is 3. The molecule has 2 aliphatic carbocycles. The summed E-state index contributed by atoms with van der Waals surface area (Å²) in [5, 5.41) is 0. The van der Waals surface area contributed by atoms with Crippen LogP contribution >= 0.6 is 0 Å². The summed E-state index contributed by atoms with van der Waals surface area (Å²) in [6, 6.07) is 1.86. The van der Waals surface area contributed by atoms with E-state index in [1.54, 1.807) is 0 Å². The van der Waals surface area contributed by atoms with Crippen molar-refractivity contribution in [2.45, 2.75) is 69.9 Å². The highest BCUT2D eigenvalue weighted by Gasteiger charge is 2.42. The van der Waals surface area contributed by atoms with Gasteiger partial charge in [-0.15, -0.1) is 0 Å². The third kappa shape index (κ3) is 2.39. The van der Waals surface area contributed by atoms with Gasteiger partial charge in [-0.05, 0) is 56.9 Å². The quantitative estimate of drug-likeness (QED) is 0.816. The zero-order chi connectivity index (χ0) is 11.7. The summed E-state index contributed by atoms with van der Waals surface area (Å²) in [6.07, 6.45) is 13.1. The minimum atomic E-state index is 0.900. The predicted octanol–water partition coefficient (Wildman–Crippen LogP) is 2.77. The molecular weight excluding hydrogens is 208 g/mol. The Morgan fingerprint density at radius 1 is 0.941 bits per heavy atom. The van der Waals surface area contributed by atoms with Crippen LogP contribution in [0.5, 0.6) is 0 Å². The Kier molecular flexibility index (Phi) is 3.72. The van der Waals surface area contributed by atoms with E-state index in [9.17, 15) is 0 Å². The number of hydrogen-bond donors (Lipinski definition) is 1. The highest BCUT2D eigenvalue weighted by molar-refractivity contribution is 4.96. The SMILES string of the molecule is NCCC1CC2CCC1CN2C1CCCCC1. The van der Waals surface area contributed by atoms with Gasteiger partial charge < -0.3 is 5.73 Å². The molecule has 4 fully saturated rings. The summed E-state index contributed by atoms with van der Waals surface area (Å²) < 4.78 is 0. The van der Waals surface area contributed by atoms with Crippen molar-refractivity contribution in [1.82, 2.24) is 4.90 Å². The van der Waals surface area contributed by atoms with Crippen LogP contribution in [0.3, 0.4) is 0 Å². The smallest absolute Gasteiger partial charge is 0.0101 e. The van der Waals surface area contributed by atoms with Crippen LogP contribution in [0, 0.1) is 11.8 Å². The molecule has 2 N–H and O–H groups in total. The fraction of sp³-hybridized carbons (Fsp3) is 1.00. The Bertz CT molecular complexity index is 247. The van der Waals surface area contributed by atoms with Crippen LogP contribution in [0.15, 0.2) is 0 Å². The van der Waals surface area contributed by atoms with E-state index >= 15 is 0 Å². The first-order valence-corrected chi connectivity index (χ1v) is 7.84. The number of nitrogens with zero attached hydrogens (tertiary/aromatic N) is 1. The Balaban J connectivity index is 1.62. The highest BCUT2D eigenvalue weighted by Crippen LogP contribution is 2.43. The molecule has 0 spiro atoms. The van der Waals surface area contributed by atoms with Crippen molar-refractivity contribution in [1.29, 1.82) is 0 Å². The molecule has 2 heteroatoms. The first-order chi connectivity index (χ1) is 8.38. The molecule has 17 heavy (non-hydrogen) atoms. The van der Waals surface area contributed by atoms with Gasteiger partial charge in [0, 0.05) is 18.6 Å². The number of nitrogens with two attached hydrogens (primary N) is 1. The summed E-state index contributed by atoms with van der Waals surface area (Å²) in [5.74, 6) is 1.93. The Morgan fingerprint density at radius 3 is 2.41 bits per heavy atom. The normalized spacial score (nSPS) is 39.7. The maximum Gasteiger partial charge on any atom is 0.0101 e. The number of piperidine rings is 2. The molecule has 2 saturated heterocycles. The number of rotatable bonds is 3.